The van der Waals surface area contributed by atoms with Gasteiger partial charge in [0, 0.05) is 32.2 Å². The summed E-state index contributed by atoms with van der Waals surface area (Å²) in [4.78, 5) is 20.1. The number of pyridine rings is 1. The molecule has 26 heavy (non-hydrogen) atoms. The molecule has 1 aliphatic heterocycles. The number of hydrogen-bond donors (Lipinski definition) is 2. The topological polar surface area (TPSA) is 122 Å². The van der Waals surface area contributed by atoms with Gasteiger partial charge >= 0.3 is 6.09 Å². The van der Waals surface area contributed by atoms with E-state index in [1.54, 1.807) is 17.0 Å². The Hall–Kier alpha value is -3.20. The van der Waals surface area contributed by atoms with Crippen LogP contribution in [0.1, 0.15) is 0 Å². The second-order valence-electron chi connectivity index (χ2n) is 5.97. The highest BCUT2D eigenvalue weighted by molar-refractivity contribution is 5.75. The minimum atomic E-state index is -0.470. The van der Waals surface area contributed by atoms with Gasteiger partial charge in [0.2, 0.25) is 0 Å². The number of anilines is 2. The van der Waals surface area contributed by atoms with Gasteiger partial charge in [0.25, 0.3) is 0 Å². The third-order valence-electron chi connectivity index (χ3n) is 4.01. The molecule has 4 N–H and O–H groups in total. The molecule has 2 aromatic rings. The Balaban J connectivity index is 1.75. The maximum absolute atomic E-state index is 12.3. The van der Waals surface area contributed by atoms with Crippen molar-refractivity contribution >= 4 is 29.1 Å². The molecule has 3 rings (SSSR count). The molecule has 0 saturated carbocycles. The monoisotopic (exact) mass is 355 g/mol. The van der Waals surface area contributed by atoms with E-state index in [1.807, 2.05) is 25.2 Å². The van der Waals surface area contributed by atoms with Crippen molar-refractivity contribution in [1.82, 2.24) is 14.8 Å². The lowest BCUT2D eigenvalue weighted by atomic mass is 10.3. The lowest BCUT2D eigenvalue weighted by molar-refractivity contribution is 0.120. The lowest BCUT2D eigenvalue weighted by Crippen LogP contribution is -2.48. The molecule has 136 valence electrons. The number of ether oxygens (including phenoxy) is 1. The van der Waals surface area contributed by atoms with Crippen molar-refractivity contribution < 1.29 is 9.53 Å². The maximum atomic E-state index is 12.3. The molecular formula is C17H21N7O2. The first-order valence-electron chi connectivity index (χ1n) is 8.21. The number of likely N-dealkylation sites (N-methyl/N-ethyl adjacent to an activating group) is 1. The van der Waals surface area contributed by atoms with Gasteiger partial charge in [0.1, 0.15) is 5.69 Å². The van der Waals surface area contributed by atoms with Gasteiger partial charge in [-0.3, -0.25) is 0 Å². The largest absolute Gasteiger partial charge is 0.415 e. The fourth-order valence-electron chi connectivity index (χ4n) is 2.43. The summed E-state index contributed by atoms with van der Waals surface area (Å²) in [5.74, 6) is 0.260. The number of nitrogen functional groups attached to an aromatic ring is 2. The van der Waals surface area contributed by atoms with Gasteiger partial charge in [-0.15, -0.1) is 5.11 Å². The summed E-state index contributed by atoms with van der Waals surface area (Å²) in [7, 11) is 2.01. The zero-order valence-corrected chi connectivity index (χ0v) is 14.5. The van der Waals surface area contributed by atoms with Crippen molar-refractivity contribution in [3.05, 3.63) is 36.4 Å². The first-order chi connectivity index (χ1) is 12.5. The van der Waals surface area contributed by atoms with Gasteiger partial charge in [0.15, 0.2) is 17.4 Å². The first-order valence-corrected chi connectivity index (χ1v) is 8.21. The number of piperazine rings is 1. The molecule has 9 heteroatoms. The Labute approximate surface area is 151 Å². The summed E-state index contributed by atoms with van der Waals surface area (Å²) in [5.41, 5.74) is 12.6. The number of amides is 1. The standard InChI is InChI=1S/C17H21N7O2/c1-23-7-9-24(10-8-23)17(25)26-14-11-13(15(18)20-16(14)19)22-21-12-5-3-2-4-6-12/h2-6,11H,7-10H2,1H3,(H4,18,19,20). The van der Waals surface area contributed by atoms with E-state index >= 15 is 0 Å². The molecule has 0 aliphatic carbocycles. The summed E-state index contributed by atoms with van der Waals surface area (Å²) in [5, 5.41) is 8.17. The third-order valence-corrected chi connectivity index (χ3v) is 4.01. The zero-order chi connectivity index (χ0) is 18.5. The van der Waals surface area contributed by atoms with E-state index in [0.717, 1.165) is 13.1 Å². The van der Waals surface area contributed by atoms with E-state index in [9.17, 15) is 4.79 Å². The molecule has 0 bridgehead atoms. The van der Waals surface area contributed by atoms with Gasteiger partial charge < -0.3 is 26.0 Å². The van der Waals surface area contributed by atoms with Crippen LogP contribution >= 0.6 is 0 Å². The summed E-state index contributed by atoms with van der Waals surface area (Å²) in [6.45, 7) is 2.78. The number of nitrogens with two attached hydrogens (primary N) is 2. The van der Waals surface area contributed by atoms with Gasteiger partial charge in [-0.05, 0) is 19.2 Å². The highest BCUT2D eigenvalue weighted by atomic mass is 16.6. The number of nitrogens with zero attached hydrogens (tertiary/aromatic N) is 5. The van der Waals surface area contributed by atoms with Crippen LogP contribution in [0.15, 0.2) is 46.6 Å². The highest BCUT2D eigenvalue weighted by Gasteiger charge is 2.22. The second-order valence-corrected chi connectivity index (χ2v) is 5.97. The van der Waals surface area contributed by atoms with Crippen molar-refractivity contribution in [3.8, 4) is 5.75 Å². The van der Waals surface area contributed by atoms with Gasteiger partial charge in [0.05, 0.1) is 5.69 Å². The lowest BCUT2D eigenvalue weighted by Gasteiger charge is -2.31. The summed E-state index contributed by atoms with van der Waals surface area (Å²) < 4.78 is 5.39. The Morgan fingerprint density at radius 1 is 1.08 bits per heavy atom. The zero-order valence-electron chi connectivity index (χ0n) is 14.5. The molecule has 9 nitrogen and oxygen atoms in total. The van der Waals surface area contributed by atoms with Crippen LogP contribution in [0.25, 0.3) is 0 Å². The number of azo groups is 1. The molecule has 0 radical (unpaired) electrons. The van der Waals surface area contributed by atoms with Crippen LogP contribution in [-0.4, -0.2) is 54.1 Å². The summed E-state index contributed by atoms with van der Waals surface area (Å²) in [6, 6.07) is 10.7. The second kappa shape index (κ2) is 7.79. The van der Waals surface area contributed by atoms with Gasteiger partial charge in [-0.2, -0.15) is 5.11 Å². The number of aromatic nitrogens is 1. The quantitative estimate of drug-likeness (QED) is 0.815. The average Bonchev–Trinajstić information content (AvgIpc) is 2.64. The van der Waals surface area contributed by atoms with E-state index in [0.29, 0.717) is 18.8 Å². The van der Waals surface area contributed by atoms with Crippen LogP contribution < -0.4 is 16.2 Å². The van der Waals surface area contributed by atoms with Crippen LogP contribution in [0.2, 0.25) is 0 Å². The van der Waals surface area contributed by atoms with Crippen LogP contribution in [0.4, 0.5) is 27.8 Å². The minimum Gasteiger partial charge on any atom is -0.406 e. The van der Waals surface area contributed by atoms with Crippen LogP contribution in [-0.2, 0) is 0 Å². The van der Waals surface area contributed by atoms with E-state index in [4.69, 9.17) is 16.2 Å². The maximum Gasteiger partial charge on any atom is 0.415 e. The molecule has 1 fully saturated rings. The molecule has 0 spiro atoms. The summed E-state index contributed by atoms with van der Waals surface area (Å²) >= 11 is 0. The van der Waals surface area contributed by atoms with Crippen molar-refractivity contribution in [2.75, 3.05) is 44.7 Å². The first kappa shape index (κ1) is 17.6. The Kier molecular flexibility index (Phi) is 5.28. The van der Waals surface area contributed by atoms with E-state index in [-0.39, 0.29) is 23.1 Å². The smallest absolute Gasteiger partial charge is 0.406 e. The Bertz CT molecular complexity index is 802. The van der Waals surface area contributed by atoms with E-state index in [2.05, 4.69) is 20.1 Å². The average molecular weight is 355 g/mol. The molecule has 1 saturated heterocycles. The Morgan fingerprint density at radius 3 is 2.46 bits per heavy atom. The normalized spacial score (nSPS) is 15.3. The highest BCUT2D eigenvalue weighted by Crippen LogP contribution is 2.31. The number of rotatable bonds is 3. The molecular weight excluding hydrogens is 334 g/mol. The molecule has 2 heterocycles. The van der Waals surface area contributed by atoms with Crippen LogP contribution in [0, 0.1) is 0 Å². The summed E-state index contributed by atoms with van der Waals surface area (Å²) in [6.07, 6.45) is -0.470. The molecule has 1 aromatic heterocycles. The van der Waals surface area contributed by atoms with Crippen molar-refractivity contribution in [2.45, 2.75) is 0 Å². The third kappa shape index (κ3) is 4.25. The minimum absolute atomic E-state index is 0.0311. The van der Waals surface area contributed by atoms with Crippen LogP contribution in [0.3, 0.4) is 0 Å². The number of carbonyl (C=O) groups excluding carboxylic acids is 1. The van der Waals surface area contributed by atoms with Crippen molar-refractivity contribution in [1.29, 1.82) is 0 Å². The number of carbonyl (C=O) groups is 1. The van der Waals surface area contributed by atoms with E-state index < -0.39 is 6.09 Å². The molecule has 1 amide bonds. The SMILES string of the molecule is CN1CCN(C(=O)Oc2cc(N=Nc3ccccc3)c(N)nc2N)CC1. The van der Waals surface area contributed by atoms with Gasteiger partial charge in [-0.25, -0.2) is 9.78 Å². The van der Waals surface area contributed by atoms with E-state index in [1.165, 1.54) is 6.07 Å². The predicted molar refractivity (Wildman–Crippen MR) is 98.8 cm³/mol. The van der Waals surface area contributed by atoms with Gasteiger partial charge in [-0.1, -0.05) is 18.2 Å². The number of benzene rings is 1. The van der Waals surface area contributed by atoms with Crippen molar-refractivity contribution in [2.24, 2.45) is 10.2 Å². The molecule has 0 unspecified atom stereocenters. The predicted octanol–water partition coefficient (Wildman–Crippen LogP) is 2.41. The fourth-order valence-corrected chi connectivity index (χ4v) is 2.43. The number of hydrogen-bond acceptors (Lipinski definition) is 8. The van der Waals surface area contributed by atoms with Crippen LogP contribution in [0.5, 0.6) is 5.75 Å². The molecule has 1 aliphatic rings. The Morgan fingerprint density at radius 2 is 1.77 bits per heavy atom. The molecule has 0 atom stereocenters. The molecule has 1 aromatic carbocycles. The fraction of sp³-hybridized carbons (Fsp3) is 0.294. The van der Waals surface area contributed by atoms with Crippen molar-refractivity contribution in [3.63, 3.8) is 0 Å².